The molecular weight excluding hydrogens is 132 g/mol. The Morgan fingerprint density at radius 3 is 2.50 bits per heavy atom. The molecule has 0 aliphatic rings. The summed E-state index contributed by atoms with van der Waals surface area (Å²) in [6.45, 7) is 0.275. The standard InChI is InChI=1S/C6H14N2O2/c1-8(2)6(9)5(7)4-10-3/h5H,4,7H2,1-3H3. The summed E-state index contributed by atoms with van der Waals surface area (Å²) in [5.74, 6) is -0.109. The van der Waals surface area contributed by atoms with Crippen molar-refractivity contribution in [2.75, 3.05) is 27.8 Å². The Morgan fingerprint density at radius 1 is 1.70 bits per heavy atom. The van der Waals surface area contributed by atoms with E-state index in [1.165, 1.54) is 12.0 Å². The Balaban J connectivity index is 3.71. The van der Waals surface area contributed by atoms with Crippen LogP contribution in [0.1, 0.15) is 0 Å². The van der Waals surface area contributed by atoms with E-state index in [0.717, 1.165) is 0 Å². The van der Waals surface area contributed by atoms with Crippen LogP contribution in [0, 0.1) is 0 Å². The minimum atomic E-state index is -0.528. The quantitative estimate of drug-likeness (QED) is 0.558. The van der Waals surface area contributed by atoms with Crippen LogP contribution in [0.2, 0.25) is 0 Å². The second-order valence-corrected chi connectivity index (χ2v) is 2.29. The van der Waals surface area contributed by atoms with Gasteiger partial charge in [-0.15, -0.1) is 0 Å². The molecule has 0 aliphatic carbocycles. The maximum absolute atomic E-state index is 11.0. The molecule has 4 nitrogen and oxygen atoms in total. The summed E-state index contributed by atoms with van der Waals surface area (Å²) in [4.78, 5) is 12.4. The van der Waals surface area contributed by atoms with Gasteiger partial charge in [0.25, 0.3) is 0 Å². The molecule has 0 spiro atoms. The Labute approximate surface area is 60.9 Å². The van der Waals surface area contributed by atoms with Gasteiger partial charge in [-0.3, -0.25) is 4.79 Å². The first-order valence-corrected chi connectivity index (χ1v) is 3.05. The summed E-state index contributed by atoms with van der Waals surface area (Å²) in [6, 6.07) is -0.528. The van der Waals surface area contributed by atoms with Crippen molar-refractivity contribution in [1.29, 1.82) is 0 Å². The van der Waals surface area contributed by atoms with Crippen LogP contribution < -0.4 is 5.73 Å². The molecule has 2 N–H and O–H groups in total. The van der Waals surface area contributed by atoms with E-state index < -0.39 is 6.04 Å². The van der Waals surface area contributed by atoms with Crippen molar-refractivity contribution in [3.05, 3.63) is 0 Å². The number of carbonyl (C=O) groups excluding carboxylic acids is 1. The van der Waals surface area contributed by atoms with Crippen LogP contribution in [0.25, 0.3) is 0 Å². The highest BCUT2D eigenvalue weighted by molar-refractivity contribution is 5.81. The van der Waals surface area contributed by atoms with E-state index in [0.29, 0.717) is 0 Å². The van der Waals surface area contributed by atoms with Crippen LogP contribution in [0.4, 0.5) is 0 Å². The average molecular weight is 146 g/mol. The lowest BCUT2D eigenvalue weighted by atomic mass is 10.3. The molecule has 10 heavy (non-hydrogen) atoms. The lowest BCUT2D eigenvalue weighted by Gasteiger charge is -2.15. The van der Waals surface area contributed by atoms with E-state index >= 15 is 0 Å². The molecule has 0 heterocycles. The first kappa shape index (κ1) is 9.39. The molecule has 0 rings (SSSR count). The highest BCUT2D eigenvalue weighted by atomic mass is 16.5. The Hall–Kier alpha value is -0.610. The van der Waals surface area contributed by atoms with Crippen molar-refractivity contribution in [3.63, 3.8) is 0 Å². The molecule has 0 aromatic heterocycles. The summed E-state index contributed by atoms with van der Waals surface area (Å²) in [5, 5.41) is 0. The van der Waals surface area contributed by atoms with Gasteiger partial charge < -0.3 is 15.4 Å². The van der Waals surface area contributed by atoms with Crippen LogP contribution in [0.15, 0.2) is 0 Å². The predicted molar refractivity (Wildman–Crippen MR) is 38.5 cm³/mol. The first-order valence-electron chi connectivity index (χ1n) is 3.05. The van der Waals surface area contributed by atoms with E-state index in [-0.39, 0.29) is 12.5 Å². The van der Waals surface area contributed by atoms with Crippen molar-refractivity contribution in [2.24, 2.45) is 5.73 Å². The monoisotopic (exact) mass is 146 g/mol. The Morgan fingerprint density at radius 2 is 2.20 bits per heavy atom. The number of nitrogens with zero attached hydrogens (tertiary/aromatic N) is 1. The van der Waals surface area contributed by atoms with Gasteiger partial charge in [-0.2, -0.15) is 0 Å². The van der Waals surface area contributed by atoms with Gasteiger partial charge in [0.2, 0.25) is 5.91 Å². The van der Waals surface area contributed by atoms with Gasteiger partial charge in [0.1, 0.15) is 6.04 Å². The molecule has 1 unspecified atom stereocenters. The zero-order chi connectivity index (χ0) is 8.15. The molecule has 0 fully saturated rings. The summed E-state index contributed by atoms with van der Waals surface area (Å²) in [5.41, 5.74) is 5.41. The number of hydrogen-bond acceptors (Lipinski definition) is 3. The van der Waals surface area contributed by atoms with Gasteiger partial charge in [0, 0.05) is 21.2 Å². The third-order valence-corrected chi connectivity index (χ3v) is 1.10. The largest absolute Gasteiger partial charge is 0.383 e. The lowest BCUT2D eigenvalue weighted by molar-refractivity contribution is -0.131. The zero-order valence-corrected chi connectivity index (χ0v) is 6.63. The lowest BCUT2D eigenvalue weighted by Crippen LogP contribution is -2.42. The minimum absolute atomic E-state index is 0.109. The summed E-state index contributed by atoms with van der Waals surface area (Å²) >= 11 is 0. The SMILES string of the molecule is COCC(N)C(=O)N(C)C. The Bertz CT molecular complexity index is 114. The number of ether oxygens (including phenoxy) is 1. The normalized spacial score (nSPS) is 12.8. The number of nitrogens with two attached hydrogens (primary N) is 1. The van der Waals surface area contributed by atoms with Gasteiger partial charge in [-0.1, -0.05) is 0 Å². The number of amides is 1. The highest BCUT2D eigenvalue weighted by Gasteiger charge is 2.13. The van der Waals surface area contributed by atoms with Crippen LogP contribution in [-0.2, 0) is 9.53 Å². The molecule has 0 bridgehead atoms. The van der Waals surface area contributed by atoms with Gasteiger partial charge in [0.15, 0.2) is 0 Å². The van der Waals surface area contributed by atoms with Crippen LogP contribution in [0.3, 0.4) is 0 Å². The average Bonchev–Trinajstić information content (AvgIpc) is 1.87. The van der Waals surface area contributed by atoms with Gasteiger partial charge in [-0.25, -0.2) is 0 Å². The summed E-state index contributed by atoms with van der Waals surface area (Å²) < 4.78 is 4.70. The van der Waals surface area contributed by atoms with Crippen molar-refractivity contribution in [2.45, 2.75) is 6.04 Å². The second-order valence-electron chi connectivity index (χ2n) is 2.29. The van der Waals surface area contributed by atoms with Crippen molar-refractivity contribution < 1.29 is 9.53 Å². The topological polar surface area (TPSA) is 55.6 Å². The molecular formula is C6H14N2O2. The fourth-order valence-electron chi connectivity index (χ4n) is 0.582. The molecule has 1 atom stereocenters. The summed E-state index contributed by atoms with van der Waals surface area (Å²) in [6.07, 6.45) is 0. The molecule has 0 radical (unpaired) electrons. The van der Waals surface area contributed by atoms with Crippen LogP contribution >= 0.6 is 0 Å². The zero-order valence-electron chi connectivity index (χ0n) is 6.63. The number of rotatable bonds is 3. The molecule has 0 aromatic rings. The minimum Gasteiger partial charge on any atom is -0.383 e. The number of hydrogen-bond donors (Lipinski definition) is 1. The fourth-order valence-corrected chi connectivity index (χ4v) is 0.582. The van der Waals surface area contributed by atoms with E-state index in [4.69, 9.17) is 10.5 Å². The second kappa shape index (κ2) is 4.24. The first-order chi connectivity index (χ1) is 4.59. The van der Waals surface area contributed by atoms with Crippen molar-refractivity contribution in [3.8, 4) is 0 Å². The number of carbonyl (C=O) groups is 1. The summed E-state index contributed by atoms with van der Waals surface area (Å²) in [7, 11) is 4.85. The fraction of sp³-hybridized carbons (Fsp3) is 0.833. The van der Waals surface area contributed by atoms with Crippen molar-refractivity contribution >= 4 is 5.91 Å². The molecule has 0 saturated heterocycles. The smallest absolute Gasteiger partial charge is 0.241 e. The highest BCUT2D eigenvalue weighted by Crippen LogP contribution is 1.85. The third-order valence-electron chi connectivity index (χ3n) is 1.10. The van der Waals surface area contributed by atoms with Crippen LogP contribution in [-0.4, -0.2) is 44.7 Å². The predicted octanol–water partition coefficient (Wildman–Crippen LogP) is -0.952. The number of methoxy groups -OCH3 is 1. The maximum Gasteiger partial charge on any atom is 0.241 e. The molecule has 0 aromatic carbocycles. The molecule has 0 saturated carbocycles. The van der Waals surface area contributed by atoms with Gasteiger partial charge in [0.05, 0.1) is 6.61 Å². The van der Waals surface area contributed by atoms with Gasteiger partial charge in [-0.05, 0) is 0 Å². The Kier molecular flexibility index (Phi) is 3.99. The number of likely N-dealkylation sites (N-methyl/N-ethyl adjacent to an activating group) is 1. The van der Waals surface area contributed by atoms with E-state index in [1.54, 1.807) is 14.1 Å². The van der Waals surface area contributed by atoms with Gasteiger partial charge >= 0.3 is 0 Å². The molecule has 60 valence electrons. The molecule has 1 amide bonds. The van der Waals surface area contributed by atoms with E-state index in [2.05, 4.69) is 0 Å². The third kappa shape index (κ3) is 2.80. The van der Waals surface area contributed by atoms with Crippen LogP contribution in [0.5, 0.6) is 0 Å². The van der Waals surface area contributed by atoms with E-state index in [1.807, 2.05) is 0 Å². The van der Waals surface area contributed by atoms with E-state index in [9.17, 15) is 4.79 Å². The molecule has 0 aliphatic heterocycles. The maximum atomic E-state index is 11.0. The molecule has 4 heteroatoms. The van der Waals surface area contributed by atoms with Crippen molar-refractivity contribution in [1.82, 2.24) is 4.90 Å².